The van der Waals surface area contributed by atoms with Crippen molar-refractivity contribution in [3.8, 4) is 0 Å². The molecule has 3 rings (SSSR count). The highest BCUT2D eigenvalue weighted by molar-refractivity contribution is 6.30. The van der Waals surface area contributed by atoms with E-state index in [-0.39, 0.29) is 18.1 Å². The van der Waals surface area contributed by atoms with Crippen molar-refractivity contribution >= 4 is 23.3 Å². The Morgan fingerprint density at radius 3 is 2.45 bits per heavy atom. The minimum absolute atomic E-state index is 0.0654. The van der Waals surface area contributed by atoms with Crippen LogP contribution in [0, 0.1) is 0 Å². The molecule has 1 N–H and O–H groups in total. The first-order valence-corrected chi connectivity index (χ1v) is 8.35. The molecule has 2 heterocycles. The molecule has 22 heavy (non-hydrogen) atoms. The summed E-state index contributed by atoms with van der Waals surface area (Å²) in [4.78, 5) is 14.7. The van der Waals surface area contributed by atoms with Gasteiger partial charge in [0.2, 0.25) is 0 Å². The van der Waals surface area contributed by atoms with Gasteiger partial charge in [-0.25, -0.2) is 4.79 Å². The molecule has 2 aliphatic rings. The first kappa shape index (κ1) is 15.6. The predicted molar refractivity (Wildman–Crippen MR) is 88.2 cm³/mol. The summed E-state index contributed by atoms with van der Waals surface area (Å²) in [5.74, 6) is -0.177. The number of halogens is 1. The summed E-state index contributed by atoms with van der Waals surface area (Å²) in [5.41, 5.74) is 0.872. The highest BCUT2D eigenvalue weighted by Gasteiger charge is 2.40. The molecule has 1 aromatic rings. The maximum Gasteiger partial charge on any atom is 0.328 e. The predicted octanol–water partition coefficient (Wildman–Crippen LogP) is 3.31. The average molecular weight is 323 g/mol. The third-order valence-electron chi connectivity index (χ3n) is 4.92. The standard InChI is InChI=1S/C17H23ClN2O2/c1-11(19-13-5-3-12(18)4-6-13)17(21)22-16-9-14-7-8-15(10-16)20(14)2/h3-6,11,14-16,19H,7-10H2,1-2H3/t11?,14-,15+,16?. The van der Waals surface area contributed by atoms with Gasteiger partial charge in [-0.2, -0.15) is 0 Å². The van der Waals surface area contributed by atoms with Gasteiger partial charge in [-0.3, -0.25) is 0 Å². The fourth-order valence-corrected chi connectivity index (χ4v) is 3.71. The van der Waals surface area contributed by atoms with Crippen LogP contribution in [0.2, 0.25) is 5.02 Å². The van der Waals surface area contributed by atoms with Gasteiger partial charge in [0.15, 0.2) is 0 Å². The van der Waals surface area contributed by atoms with Crippen LogP contribution >= 0.6 is 11.6 Å². The first-order chi connectivity index (χ1) is 10.5. The molecule has 0 saturated carbocycles. The van der Waals surface area contributed by atoms with E-state index in [2.05, 4.69) is 17.3 Å². The lowest BCUT2D eigenvalue weighted by molar-refractivity contribution is -0.152. The van der Waals surface area contributed by atoms with E-state index in [4.69, 9.17) is 16.3 Å². The van der Waals surface area contributed by atoms with Crippen LogP contribution < -0.4 is 5.32 Å². The number of piperidine rings is 1. The summed E-state index contributed by atoms with van der Waals surface area (Å²) in [5, 5.41) is 3.84. The monoisotopic (exact) mass is 322 g/mol. The Bertz CT molecular complexity index is 520. The summed E-state index contributed by atoms with van der Waals surface area (Å²) in [6, 6.07) is 8.13. The highest BCUT2D eigenvalue weighted by atomic mass is 35.5. The molecule has 0 aliphatic carbocycles. The number of hydrogen-bond acceptors (Lipinski definition) is 4. The Morgan fingerprint density at radius 1 is 1.27 bits per heavy atom. The molecule has 2 bridgehead atoms. The number of benzene rings is 1. The number of fused-ring (bicyclic) bond motifs is 2. The van der Waals surface area contributed by atoms with Crippen molar-refractivity contribution in [2.75, 3.05) is 12.4 Å². The smallest absolute Gasteiger partial charge is 0.328 e. The Morgan fingerprint density at radius 2 is 1.86 bits per heavy atom. The number of nitrogens with zero attached hydrogens (tertiary/aromatic N) is 1. The molecule has 1 aromatic carbocycles. The van der Waals surface area contributed by atoms with Crippen LogP contribution in [0.4, 0.5) is 5.69 Å². The SMILES string of the molecule is CC(Nc1ccc(Cl)cc1)C(=O)OC1C[C@H]2CC[C@@H](C1)N2C. The third kappa shape index (κ3) is 3.39. The average Bonchev–Trinajstić information content (AvgIpc) is 2.72. The van der Waals surface area contributed by atoms with Gasteiger partial charge >= 0.3 is 5.97 Å². The number of nitrogens with one attached hydrogen (secondary N) is 1. The van der Waals surface area contributed by atoms with E-state index in [1.807, 2.05) is 19.1 Å². The lowest BCUT2D eigenvalue weighted by atomic mass is 10.0. The molecule has 0 spiro atoms. The van der Waals surface area contributed by atoms with E-state index in [9.17, 15) is 4.79 Å². The van der Waals surface area contributed by atoms with Gasteiger partial charge in [0.05, 0.1) is 0 Å². The van der Waals surface area contributed by atoms with E-state index in [0.29, 0.717) is 17.1 Å². The van der Waals surface area contributed by atoms with Gasteiger partial charge in [-0.05, 0) is 63.9 Å². The number of anilines is 1. The molecule has 2 fully saturated rings. The number of rotatable bonds is 4. The van der Waals surface area contributed by atoms with Crippen molar-refractivity contribution in [1.82, 2.24) is 4.90 Å². The summed E-state index contributed by atoms with van der Waals surface area (Å²) >= 11 is 5.86. The largest absolute Gasteiger partial charge is 0.461 e. The van der Waals surface area contributed by atoms with E-state index >= 15 is 0 Å². The second-order valence-corrected chi connectivity index (χ2v) is 6.89. The number of ether oxygens (including phenoxy) is 1. The van der Waals surface area contributed by atoms with Crippen LogP contribution in [0.3, 0.4) is 0 Å². The van der Waals surface area contributed by atoms with Gasteiger partial charge in [0.25, 0.3) is 0 Å². The van der Waals surface area contributed by atoms with Gasteiger partial charge in [0.1, 0.15) is 12.1 Å². The molecule has 0 radical (unpaired) electrons. The number of carbonyl (C=O) groups excluding carboxylic acids is 1. The molecule has 120 valence electrons. The van der Waals surface area contributed by atoms with E-state index < -0.39 is 0 Å². The fraction of sp³-hybridized carbons (Fsp3) is 0.588. The zero-order chi connectivity index (χ0) is 15.7. The Balaban J connectivity index is 1.52. The second-order valence-electron chi connectivity index (χ2n) is 6.45. The van der Waals surface area contributed by atoms with Crippen molar-refractivity contribution in [2.45, 2.75) is 56.8 Å². The summed E-state index contributed by atoms with van der Waals surface area (Å²) in [6.07, 6.45) is 4.45. The van der Waals surface area contributed by atoms with Crippen molar-refractivity contribution in [2.24, 2.45) is 0 Å². The van der Waals surface area contributed by atoms with Gasteiger partial charge in [-0.1, -0.05) is 11.6 Å². The minimum Gasteiger partial charge on any atom is -0.461 e. The fourth-order valence-electron chi connectivity index (χ4n) is 3.58. The maximum atomic E-state index is 12.3. The normalized spacial score (nSPS) is 29.1. The zero-order valence-corrected chi connectivity index (χ0v) is 13.8. The molecule has 2 saturated heterocycles. The summed E-state index contributed by atoms with van der Waals surface area (Å²) in [7, 11) is 2.19. The molecule has 5 heteroatoms. The maximum absolute atomic E-state index is 12.3. The van der Waals surface area contributed by atoms with E-state index in [0.717, 1.165) is 18.5 Å². The van der Waals surface area contributed by atoms with Gasteiger partial charge in [-0.15, -0.1) is 0 Å². The lowest BCUT2D eigenvalue weighted by Crippen LogP contribution is -2.44. The van der Waals surface area contributed by atoms with Crippen LogP contribution in [-0.2, 0) is 9.53 Å². The van der Waals surface area contributed by atoms with E-state index in [1.54, 1.807) is 12.1 Å². The molecule has 0 amide bonds. The quantitative estimate of drug-likeness (QED) is 0.864. The number of carbonyl (C=O) groups is 1. The van der Waals surface area contributed by atoms with Crippen LogP contribution in [0.25, 0.3) is 0 Å². The first-order valence-electron chi connectivity index (χ1n) is 7.97. The summed E-state index contributed by atoms with van der Waals surface area (Å²) in [6.45, 7) is 1.83. The van der Waals surface area contributed by atoms with E-state index in [1.165, 1.54) is 12.8 Å². The molecule has 0 aromatic heterocycles. The Hall–Kier alpha value is -1.26. The molecule has 2 aliphatic heterocycles. The third-order valence-corrected chi connectivity index (χ3v) is 5.17. The number of esters is 1. The zero-order valence-electron chi connectivity index (χ0n) is 13.1. The molecular weight excluding hydrogens is 300 g/mol. The van der Waals surface area contributed by atoms with Crippen LogP contribution in [0.15, 0.2) is 24.3 Å². The van der Waals surface area contributed by atoms with Crippen molar-refractivity contribution in [3.05, 3.63) is 29.3 Å². The molecule has 4 atom stereocenters. The highest BCUT2D eigenvalue weighted by Crippen LogP contribution is 2.35. The Labute approximate surface area is 136 Å². The van der Waals surface area contributed by atoms with Crippen molar-refractivity contribution in [3.63, 3.8) is 0 Å². The topological polar surface area (TPSA) is 41.6 Å². The molecule has 4 nitrogen and oxygen atoms in total. The second kappa shape index (κ2) is 6.47. The molecular formula is C17H23ClN2O2. The van der Waals surface area contributed by atoms with Gasteiger partial charge < -0.3 is 15.0 Å². The Kier molecular flexibility index (Phi) is 4.59. The molecule has 2 unspecified atom stereocenters. The summed E-state index contributed by atoms with van der Waals surface area (Å²) < 4.78 is 5.72. The van der Waals surface area contributed by atoms with Crippen molar-refractivity contribution in [1.29, 1.82) is 0 Å². The number of hydrogen-bond donors (Lipinski definition) is 1. The minimum atomic E-state index is -0.363. The lowest BCUT2D eigenvalue weighted by Gasteiger charge is -2.36. The van der Waals surface area contributed by atoms with Gasteiger partial charge in [0, 0.05) is 22.8 Å². The van der Waals surface area contributed by atoms with Crippen LogP contribution in [0.5, 0.6) is 0 Å². The van der Waals surface area contributed by atoms with Crippen molar-refractivity contribution < 1.29 is 9.53 Å². The van der Waals surface area contributed by atoms with Crippen LogP contribution in [-0.4, -0.2) is 42.1 Å². The van der Waals surface area contributed by atoms with Crippen LogP contribution in [0.1, 0.15) is 32.6 Å².